The first-order valence-electron chi connectivity index (χ1n) is 5.33. The second-order valence-corrected chi connectivity index (χ2v) is 4.03. The highest BCUT2D eigenvalue weighted by Crippen LogP contribution is 2.34. The van der Waals surface area contributed by atoms with Crippen molar-refractivity contribution in [2.24, 2.45) is 5.92 Å². The molecule has 1 N–H and O–H groups in total. The highest BCUT2D eigenvalue weighted by Gasteiger charge is 2.27. The fourth-order valence-corrected chi connectivity index (χ4v) is 2.20. The molecule has 0 saturated carbocycles. The van der Waals surface area contributed by atoms with Crippen molar-refractivity contribution in [3.05, 3.63) is 29.1 Å². The van der Waals surface area contributed by atoms with Crippen molar-refractivity contribution in [2.75, 3.05) is 0 Å². The van der Waals surface area contributed by atoms with Gasteiger partial charge in [0.25, 0.3) is 0 Å². The number of aromatic nitrogens is 1. The number of aliphatic hydroxyl groups excluding tert-OH is 1. The molecule has 2 unspecified atom stereocenters. The molecular formula is C12H14N2O. The normalized spacial score (nSPS) is 24.3. The van der Waals surface area contributed by atoms with Gasteiger partial charge in [0.2, 0.25) is 0 Å². The summed E-state index contributed by atoms with van der Waals surface area (Å²) in [4.78, 5) is 4.20. The van der Waals surface area contributed by atoms with Gasteiger partial charge in [-0.3, -0.25) is 4.98 Å². The fraction of sp³-hybridized carbons (Fsp3) is 0.500. The van der Waals surface area contributed by atoms with Crippen LogP contribution in [-0.4, -0.2) is 10.1 Å². The van der Waals surface area contributed by atoms with E-state index in [9.17, 15) is 5.11 Å². The van der Waals surface area contributed by atoms with E-state index in [1.54, 1.807) is 6.20 Å². The summed E-state index contributed by atoms with van der Waals surface area (Å²) in [6.45, 7) is 2.09. The molecule has 2 rings (SSSR count). The van der Waals surface area contributed by atoms with Gasteiger partial charge in [-0.2, -0.15) is 5.26 Å². The molecule has 3 nitrogen and oxygen atoms in total. The Morgan fingerprint density at radius 3 is 3.13 bits per heavy atom. The van der Waals surface area contributed by atoms with Gasteiger partial charge >= 0.3 is 0 Å². The van der Waals surface area contributed by atoms with Gasteiger partial charge in [-0.1, -0.05) is 13.3 Å². The SMILES string of the molecule is CCC1CCc2cc(C#N)cnc2C1O. The van der Waals surface area contributed by atoms with E-state index in [4.69, 9.17) is 5.26 Å². The molecule has 0 aromatic carbocycles. The Balaban J connectivity index is 2.38. The molecular weight excluding hydrogens is 188 g/mol. The fourth-order valence-electron chi connectivity index (χ4n) is 2.20. The number of pyridine rings is 1. The van der Waals surface area contributed by atoms with Gasteiger partial charge in [0.1, 0.15) is 6.07 Å². The van der Waals surface area contributed by atoms with Crippen molar-refractivity contribution < 1.29 is 5.11 Å². The van der Waals surface area contributed by atoms with Gasteiger partial charge in [0, 0.05) is 6.20 Å². The second-order valence-electron chi connectivity index (χ2n) is 4.03. The molecule has 0 aliphatic heterocycles. The number of hydrogen-bond acceptors (Lipinski definition) is 3. The third-order valence-corrected chi connectivity index (χ3v) is 3.17. The van der Waals surface area contributed by atoms with Crippen molar-refractivity contribution in [3.63, 3.8) is 0 Å². The maximum atomic E-state index is 10.0. The van der Waals surface area contributed by atoms with Crippen LogP contribution in [0.25, 0.3) is 0 Å². The number of rotatable bonds is 1. The average Bonchev–Trinajstić information content (AvgIpc) is 2.29. The van der Waals surface area contributed by atoms with Gasteiger partial charge in [-0.15, -0.1) is 0 Å². The molecule has 2 atom stereocenters. The predicted octanol–water partition coefficient (Wildman–Crippen LogP) is 1.96. The molecule has 0 saturated heterocycles. The zero-order chi connectivity index (χ0) is 10.8. The third kappa shape index (κ3) is 1.73. The smallest absolute Gasteiger partial charge is 0.101 e. The molecule has 1 aliphatic carbocycles. The Morgan fingerprint density at radius 2 is 2.47 bits per heavy atom. The van der Waals surface area contributed by atoms with Crippen LogP contribution in [0.2, 0.25) is 0 Å². The maximum Gasteiger partial charge on any atom is 0.101 e. The lowest BCUT2D eigenvalue weighted by molar-refractivity contribution is 0.0870. The van der Waals surface area contributed by atoms with E-state index in [0.29, 0.717) is 11.5 Å². The summed E-state index contributed by atoms with van der Waals surface area (Å²) in [6.07, 6.45) is 3.98. The van der Waals surface area contributed by atoms with Crippen LogP contribution >= 0.6 is 0 Å². The zero-order valence-electron chi connectivity index (χ0n) is 8.77. The largest absolute Gasteiger partial charge is 0.387 e. The van der Waals surface area contributed by atoms with Gasteiger partial charge in [0.05, 0.1) is 17.4 Å². The first kappa shape index (κ1) is 10.1. The van der Waals surface area contributed by atoms with Crippen molar-refractivity contribution in [2.45, 2.75) is 32.3 Å². The van der Waals surface area contributed by atoms with E-state index < -0.39 is 6.10 Å². The van der Waals surface area contributed by atoms with Crippen LogP contribution in [0.3, 0.4) is 0 Å². The van der Waals surface area contributed by atoms with Crippen LogP contribution in [0.1, 0.15) is 42.7 Å². The second kappa shape index (κ2) is 4.00. The molecule has 0 amide bonds. The lowest BCUT2D eigenvalue weighted by Gasteiger charge is -2.28. The Hall–Kier alpha value is -1.40. The molecule has 1 heterocycles. The molecule has 0 spiro atoms. The minimum atomic E-state index is -0.452. The quantitative estimate of drug-likeness (QED) is 0.757. The highest BCUT2D eigenvalue weighted by atomic mass is 16.3. The third-order valence-electron chi connectivity index (χ3n) is 3.17. The average molecular weight is 202 g/mol. The first-order chi connectivity index (χ1) is 7.26. The van der Waals surface area contributed by atoms with E-state index in [1.807, 2.05) is 6.07 Å². The molecule has 3 heteroatoms. The lowest BCUT2D eigenvalue weighted by Crippen LogP contribution is -2.21. The molecule has 1 aromatic rings. The molecule has 1 aliphatic rings. The molecule has 0 bridgehead atoms. The molecule has 1 aromatic heterocycles. The van der Waals surface area contributed by atoms with E-state index in [0.717, 1.165) is 30.5 Å². The van der Waals surface area contributed by atoms with Crippen molar-refractivity contribution in [3.8, 4) is 6.07 Å². The minimum Gasteiger partial charge on any atom is -0.387 e. The van der Waals surface area contributed by atoms with Crippen molar-refractivity contribution >= 4 is 0 Å². The molecule has 0 fully saturated rings. The van der Waals surface area contributed by atoms with E-state index in [2.05, 4.69) is 18.0 Å². The van der Waals surface area contributed by atoms with Gasteiger partial charge < -0.3 is 5.11 Å². The van der Waals surface area contributed by atoms with E-state index in [-0.39, 0.29) is 0 Å². The Morgan fingerprint density at radius 1 is 1.67 bits per heavy atom. The van der Waals surface area contributed by atoms with Crippen LogP contribution in [0, 0.1) is 17.2 Å². The van der Waals surface area contributed by atoms with Crippen LogP contribution in [0.5, 0.6) is 0 Å². The molecule has 78 valence electrons. The number of aryl methyl sites for hydroxylation is 1. The monoisotopic (exact) mass is 202 g/mol. The Labute approximate surface area is 89.4 Å². The summed E-state index contributed by atoms with van der Waals surface area (Å²) in [6, 6.07) is 3.92. The minimum absolute atomic E-state index is 0.318. The highest BCUT2D eigenvalue weighted by molar-refractivity contribution is 5.35. The van der Waals surface area contributed by atoms with Gasteiger partial charge in [-0.05, 0) is 30.4 Å². The number of nitrogens with zero attached hydrogens (tertiary/aromatic N) is 2. The summed E-state index contributed by atoms with van der Waals surface area (Å²) < 4.78 is 0. The topological polar surface area (TPSA) is 56.9 Å². The Bertz CT molecular complexity index is 409. The van der Waals surface area contributed by atoms with E-state index >= 15 is 0 Å². The zero-order valence-corrected chi connectivity index (χ0v) is 8.77. The first-order valence-corrected chi connectivity index (χ1v) is 5.33. The summed E-state index contributed by atoms with van der Waals surface area (Å²) >= 11 is 0. The van der Waals surface area contributed by atoms with Crippen molar-refractivity contribution in [1.82, 2.24) is 4.98 Å². The number of aliphatic hydroxyl groups is 1. The predicted molar refractivity (Wildman–Crippen MR) is 56.0 cm³/mol. The van der Waals surface area contributed by atoms with Crippen molar-refractivity contribution in [1.29, 1.82) is 5.26 Å². The summed E-state index contributed by atoms with van der Waals surface area (Å²) in [5, 5.41) is 18.8. The van der Waals surface area contributed by atoms with Crippen LogP contribution < -0.4 is 0 Å². The standard InChI is InChI=1S/C12H14N2O/c1-2-9-3-4-10-5-8(6-13)7-14-11(10)12(9)15/h5,7,9,12,15H,2-4H2,1H3. The van der Waals surface area contributed by atoms with Gasteiger partial charge in [0.15, 0.2) is 0 Å². The van der Waals surface area contributed by atoms with Crippen LogP contribution in [-0.2, 0) is 6.42 Å². The van der Waals surface area contributed by atoms with E-state index in [1.165, 1.54) is 0 Å². The summed E-state index contributed by atoms with van der Waals surface area (Å²) in [5.41, 5.74) is 2.38. The number of fused-ring (bicyclic) bond motifs is 1. The van der Waals surface area contributed by atoms with Gasteiger partial charge in [-0.25, -0.2) is 0 Å². The van der Waals surface area contributed by atoms with Crippen LogP contribution in [0.15, 0.2) is 12.3 Å². The summed E-state index contributed by atoms with van der Waals surface area (Å²) in [7, 11) is 0. The van der Waals surface area contributed by atoms with Crippen LogP contribution in [0.4, 0.5) is 0 Å². The number of nitriles is 1. The maximum absolute atomic E-state index is 10.0. The lowest BCUT2D eigenvalue weighted by atomic mass is 9.82. The number of hydrogen-bond donors (Lipinski definition) is 1. The summed E-state index contributed by atoms with van der Waals surface area (Å²) in [5.74, 6) is 0.318. The Kier molecular flexibility index (Phi) is 2.70. The molecule has 15 heavy (non-hydrogen) atoms. The molecule has 0 radical (unpaired) electrons.